The van der Waals surface area contributed by atoms with Gasteiger partial charge in [-0.25, -0.2) is 4.98 Å². The van der Waals surface area contributed by atoms with Gasteiger partial charge in [-0.3, -0.25) is 4.79 Å². The van der Waals surface area contributed by atoms with Gasteiger partial charge in [0.05, 0.1) is 11.3 Å². The average molecular weight is 466 g/mol. The van der Waals surface area contributed by atoms with Crippen molar-refractivity contribution in [1.29, 1.82) is 0 Å². The molecule has 1 aliphatic carbocycles. The van der Waals surface area contributed by atoms with Crippen molar-refractivity contribution in [2.75, 3.05) is 5.75 Å². The van der Waals surface area contributed by atoms with Crippen LogP contribution in [0.25, 0.3) is 22.1 Å². The number of amides is 1. The van der Waals surface area contributed by atoms with Crippen LogP contribution in [0.2, 0.25) is 5.02 Å². The van der Waals surface area contributed by atoms with Crippen molar-refractivity contribution >= 4 is 51.3 Å². The molecule has 0 saturated heterocycles. The molecule has 1 fully saturated rings. The molecule has 0 spiro atoms. The largest absolute Gasteiger partial charge is 0.353 e. The van der Waals surface area contributed by atoms with Crippen molar-refractivity contribution in [3.05, 3.63) is 59.1 Å². The van der Waals surface area contributed by atoms with E-state index in [4.69, 9.17) is 16.6 Å². The highest BCUT2D eigenvalue weighted by Crippen LogP contribution is 2.28. The van der Waals surface area contributed by atoms with E-state index in [9.17, 15) is 4.79 Å². The molecule has 2 heterocycles. The molecule has 1 amide bonds. The van der Waals surface area contributed by atoms with Gasteiger partial charge in [-0.2, -0.15) is 0 Å². The standard InChI is InChI=1S/C24H24ClN5OS/c25-17-8-6-7-16(13-17)14-30-20-12-5-4-11-19(20)22-23(30)27-24(29-28-22)32-15-21(31)26-18-9-2-1-3-10-18/h4-8,11-13,18H,1-3,9-10,14-15H2,(H,26,31). The lowest BCUT2D eigenvalue weighted by Crippen LogP contribution is -2.37. The number of hydrogen-bond donors (Lipinski definition) is 1. The summed E-state index contributed by atoms with van der Waals surface area (Å²) in [6.07, 6.45) is 5.80. The summed E-state index contributed by atoms with van der Waals surface area (Å²) in [7, 11) is 0. The zero-order valence-electron chi connectivity index (χ0n) is 17.6. The van der Waals surface area contributed by atoms with Crippen LogP contribution in [0, 0.1) is 0 Å². The number of halogens is 1. The van der Waals surface area contributed by atoms with E-state index in [0.29, 0.717) is 22.8 Å². The Balaban J connectivity index is 1.41. The van der Waals surface area contributed by atoms with E-state index in [-0.39, 0.29) is 11.7 Å². The highest BCUT2D eigenvalue weighted by atomic mass is 35.5. The second-order valence-corrected chi connectivity index (χ2v) is 9.57. The van der Waals surface area contributed by atoms with Gasteiger partial charge in [0.2, 0.25) is 11.1 Å². The van der Waals surface area contributed by atoms with Gasteiger partial charge < -0.3 is 9.88 Å². The highest BCUT2D eigenvalue weighted by Gasteiger charge is 2.18. The number of hydrogen-bond acceptors (Lipinski definition) is 5. The number of rotatable bonds is 6. The monoisotopic (exact) mass is 465 g/mol. The Bertz CT molecular complexity index is 1270. The lowest BCUT2D eigenvalue weighted by atomic mass is 9.95. The Labute approximate surface area is 195 Å². The average Bonchev–Trinajstić information content (AvgIpc) is 3.11. The number of nitrogens with zero attached hydrogens (tertiary/aromatic N) is 4. The minimum absolute atomic E-state index is 0.0325. The van der Waals surface area contributed by atoms with Crippen LogP contribution in [0.1, 0.15) is 37.7 Å². The van der Waals surface area contributed by atoms with Crippen molar-refractivity contribution < 1.29 is 4.79 Å². The Kier molecular flexibility index (Phi) is 6.28. The Morgan fingerprint density at radius 2 is 1.94 bits per heavy atom. The molecule has 2 aromatic carbocycles. The molecular formula is C24H24ClN5OS. The van der Waals surface area contributed by atoms with Crippen LogP contribution in [0.5, 0.6) is 0 Å². The van der Waals surface area contributed by atoms with Crippen LogP contribution < -0.4 is 5.32 Å². The summed E-state index contributed by atoms with van der Waals surface area (Å²) in [6, 6.07) is 16.2. The maximum absolute atomic E-state index is 12.4. The fourth-order valence-corrected chi connectivity index (χ4v) is 5.18. The Morgan fingerprint density at radius 3 is 2.78 bits per heavy atom. The molecule has 0 atom stereocenters. The first-order valence-electron chi connectivity index (χ1n) is 11.0. The molecule has 4 aromatic rings. The fourth-order valence-electron chi connectivity index (χ4n) is 4.37. The summed E-state index contributed by atoms with van der Waals surface area (Å²) in [6.45, 7) is 0.621. The number of benzene rings is 2. The van der Waals surface area contributed by atoms with Gasteiger partial charge >= 0.3 is 0 Å². The maximum atomic E-state index is 12.4. The number of para-hydroxylation sites is 1. The third-order valence-electron chi connectivity index (χ3n) is 5.89. The third-order valence-corrected chi connectivity index (χ3v) is 6.96. The molecule has 0 aliphatic heterocycles. The van der Waals surface area contributed by atoms with Crippen LogP contribution >= 0.6 is 23.4 Å². The smallest absolute Gasteiger partial charge is 0.230 e. The molecule has 0 bridgehead atoms. The maximum Gasteiger partial charge on any atom is 0.230 e. The molecule has 1 aliphatic rings. The molecule has 8 heteroatoms. The SMILES string of the molecule is O=C(CSc1nnc2c3ccccc3n(Cc3cccc(Cl)c3)c2n1)NC1CCCCC1. The van der Waals surface area contributed by atoms with Crippen molar-refractivity contribution in [1.82, 2.24) is 25.1 Å². The van der Waals surface area contributed by atoms with E-state index in [1.54, 1.807) is 0 Å². The third kappa shape index (κ3) is 4.59. The zero-order valence-corrected chi connectivity index (χ0v) is 19.2. The molecule has 0 radical (unpaired) electrons. The van der Waals surface area contributed by atoms with Gasteiger partial charge in [0.25, 0.3) is 0 Å². The van der Waals surface area contributed by atoms with E-state index >= 15 is 0 Å². The first-order chi connectivity index (χ1) is 15.7. The number of carbonyl (C=O) groups is 1. The molecule has 2 aromatic heterocycles. The van der Waals surface area contributed by atoms with Crippen LogP contribution in [0.3, 0.4) is 0 Å². The molecule has 32 heavy (non-hydrogen) atoms. The van der Waals surface area contributed by atoms with Gasteiger partial charge in [0, 0.05) is 23.0 Å². The topological polar surface area (TPSA) is 72.7 Å². The van der Waals surface area contributed by atoms with Crippen molar-refractivity contribution in [2.24, 2.45) is 0 Å². The molecule has 5 rings (SSSR count). The van der Waals surface area contributed by atoms with Crippen LogP contribution in [-0.4, -0.2) is 37.5 Å². The normalized spacial score (nSPS) is 14.8. The first kappa shape index (κ1) is 21.2. The lowest BCUT2D eigenvalue weighted by Gasteiger charge is -2.22. The minimum Gasteiger partial charge on any atom is -0.353 e. The predicted molar refractivity (Wildman–Crippen MR) is 129 cm³/mol. The zero-order chi connectivity index (χ0) is 21.9. The molecule has 1 saturated carbocycles. The van der Waals surface area contributed by atoms with Gasteiger partial charge in [0.1, 0.15) is 5.52 Å². The molecule has 6 nitrogen and oxygen atoms in total. The summed E-state index contributed by atoms with van der Waals surface area (Å²) >= 11 is 7.53. The van der Waals surface area contributed by atoms with Gasteiger partial charge in [-0.1, -0.05) is 73.0 Å². The molecule has 0 unspecified atom stereocenters. The lowest BCUT2D eigenvalue weighted by molar-refractivity contribution is -0.119. The van der Waals surface area contributed by atoms with Crippen molar-refractivity contribution in [3.63, 3.8) is 0 Å². The number of carbonyl (C=O) groups excluding carboxylic acids is 1. The minimum atomic E-state index is 0.0325. The summed E-state index contributed by atoms with van der Waals surface area (Å²) in [5.74, 6) is 0.322. The molecule has 164 valence electrons. The second-order valence-electron chi connectivity index (χ2n) is 8.19. The summed E-state index contributed by atoms with van der Waals surface area (Å²) in [4.78, 5) is 17.2. The van der Waals surface area contributed by atoms with Gasteiger partial charge in [0.15, 0.2) is 5.65 Å². The van der Waals surface area contributed by atoms with E-state index in [1.807, 2.05) is 42.5 Å². The number of thioether (sulfide) groups is 1. The summed E-state index contributed by atoms with van der Waals surface area (Å²) in [5, 5.41) is 14.1. The Hall–Kier alpha value is -2.64. The predicted octanol–water partition coefficient (Wildman–Crippen LogP) is 5.22. The van der Waals surface area contributed by atoms with Crippen LogP contribution in [0.4, 0.5) is 0 Å². The first-order valence-corrected chi connectivity index (χ1v) is 12.3. The second kappa shape index (κ2) is 9.46. The summed E-state index contributed by atoms with van der Waals surface area (Å²) < 4.78 is 2.14. The summed E-state index contributed by atoms with van der Waals surface area (Å²) in [5.41, 5.74) is 3.65. The number of nitrogens with one attached hydrogen (secondary N) is 1. The molecule has 1 N–H and O–H groups in total. The number of fused-ring (bicyclic) bond motifs is 3. The Morgan fingerprint density at radius 1 is 1.09 bits per heavy atom. The van der Waals surface area contributed by atoms with E-state index in [2.05, 4.69) is 26.1 Å². The quantitative estimate of drug-likeness (QED) is 0.395. The fraction of sp³-hybridized carbons (Fsp3) is 0.333. The van der Waals surface area contributed by atoms with Crippen molar-refractivity contribution in [2.45, 2.75) is 49.8 Å². The van der Waals surface area contributed by atoms with Crippen molar-refractivity contribution in [3.8, 4) is 0 Å². The van der Waals surface area contributed by atoms with Crippen LogP contribution in [0.15, 0.2) is 53.7 Å². The van der Waals surface area contributed by atoms with Gasteiger partial charge in [-0.15, -0.1) is 10.2 Å². The van der Waals surface area contributed by atoms with Crippen LogP contribution in [-0.2, 0) is 11.3 Å². The van der Waals surface area contributed by atoms with E-state index in [1.165, 1.54) is 31.0 Å². The van der Waals surface area contributed by atoms with E-state index < -0.39 is 0 Å². The van der Waals surface area contributed by atoms with Gasteiger partial charge in [-0.05, 0) is 36.6 Å². The van der Waals surface area contributed by atoms with E-state index in [0.717, 1.165) is 40.5 Å². The highest BCUT2D eigenvalue weighted by molar-refractivity contribution is 7.99. The number of aromatic nitrogens is 4. The molecular weight excluding hydrogens is 442 g/mol.